The molecule has 0 spiro atoms. The first-order valence-corrected chi connectivity index (χ1v) is 4.89. The summed E-state index contributed by atoms with van der Waals surface area (Å²) in [7, 11) is 1.93. The molecule has 0 amide bonds. The van der Waals surface area contributed by atoms with Crippen LogP contribution in [0.15, 0.2) is 41.2 Å². The third kappa shape index (κ3) is 2.20. The Kier molecular flexibility index (Phi) is 2.88. The van der Waals surface area contributed by atoms with Crippen molar-refractivity contribution in [2.24, 2.45) is 0 Å². The molecular weight excluding hydrogens is 202 g/mol. The Morgan fingerprint density at radius 1 is 1.44 bits per heavy atom. The predicted octanol–water partition coefficient (Wildman–Crippen LogP) is 2.18. The fourth-order valence-corrected chi connectivity index (χ4v) is 1.44. The molecule has 2 heterocycles. The van der Waals surface area contributed by atoms with E-state index in [1.807, 2.05) is 36.2 Å². The van der Waals surface area contributed by atoms with Gasteiger partial charge in [0.15, 0.2) is 0 Å². The zero-order valence-electron chi connectivity index (χ0n) is 8.92. The van der Waals surface area contributed by atoms with E-state index in [0.29, 0.717) is 12.2 Å². The van der Waals surface area contributed by atoms with Crippen molar-refractivity contribution >= 4 is 5.82 Å². The first kappa shape index (κ1) is 10.2. The van der Waals surface area contributed by atoms with Gasteiger partial charge in [-0.15, -0.1) is 0 Å². The van der Waals surface area contributed by atoms with Crippen LogP contribution in [0.2, 0.25) is 0 Å². The van der Waals surface area contributed by atoms with E-state index in [4.69, 9.17) is 9.68 Å². The van der Waals surface area contributed by atoms with Crippen molar-refractivity contribution in [3.05, 3.63) is 48.0 Å². The number of nitriles is 1. The minimum atomic E-state index is 0.427. The van der Waals surface area contributed by atoms with Crippen molar-refractivity contribution < 1.29 is 4.42 Å². The molecule has 0 aliphatic rings. The highest BCUT2D eigenvalue weighted by atomic mass is 16.3. The molecule has 0 atom stereocenters. The summed E-state index contributed by atoms with van der Waals surface area (Å²) in [5, 5.41) is 8.75. The maximum Gasteiger partial charge on any atom is 0.142 e. The molecule has 0 bridgehead atoms. The highest BCUT2D eigenvalue weighted by molar-refractivity contribution is 5.41. The van der Waals surface area contributed by atoms with Gasteiger partial charge in [-0.05, 0) is 18.2 Å². The van der Waals surface area contributed by atoms with E-state index in [0.717, 1.165) is 11.4 Å². The van der Waals surface area contributed by atoms with Crippen LogP contribution in [-0.4, -0.2) is 12.0 Å². The second-order valence-electron chi connectivity index (χ2n) is 3.48. The zero-order valence-corrected chi connectivity index (χ0v) is 8.92. The van der Waals surface area contributed by atoms with E-state index in [-0.39, 0.29) is 0 Å². The minimum Gasteiger partial charge on any atom is -0.472 e. The molecule has 16 heavy (non-hydrogen) atoms. The second-order valence-corrected chi connectivity index (χ2v) is 3.48. The standard InChI is InChI=1S/C12H11N3O/c1-15(8-10-5-6-16-9-10)12-4-2-3-11(7-13)14-12/h2-6,9H,8H2,1H3. The van der Waals surface area contributed by atoms with Crippen LogP contribution < -0.4 is 4.90 Å². The Morgan fingerprint density at radius 2 is 2.31 bits per heavy atom. The number of pyridine rings is 1. The fourth-order valence-electron chi connectivity index (χ4n) is 1.44. The van der Waals surface area contributed by atoms with Crippen LogP contribution >= 0.6 is 0 Å². The van der Waals surface area contributed by atoms with E-state index < -0.39 is 0 Å². The SMILES string of the molecule is CN(Cc1ccoc1)c1cccc(C#N)n1. The largest absolute Gasteiger partial charge is 0.472 e. The minimum absolute atomic E-state index is 0.427. The summed E-state index contributed by atoms with van der Waals surface area (Å²) in [4.78, 5) is 6.17. The lowest BCUT2D eigenvalue weighted by molar-refractivity contribution is 0.563. The molecule has 0 saturated heterocycles. The molecule has 0 aromatic carbocycles. The van der Waals surface area contributed by atoms with Gasteiger partial charge in [0.25, 0.3) is 0 Å². The lowest BCUT2D eigenvalue weighted by Crippen LogP contribution is -2.17. The molecule has 0 fully saturated rings. The molecule has 80 valence electrons. The first-order chi connectivity index (χ1) is 7.79. The highest BCUT2D eigenvalue weighted by Crippen LogP contribution is 2.13. The third-order valence-electron chi connectivity index (χ3n) is 2.24. The van der Waals surface area contributed by atoms with Gasteiger partial charge in [-0.3, -0.25) is 0 Å². The summed E-state index contributed by atoms with van der Waals surface area (Å²) in [6.45, 7) is 0.707. The molecule has 0 N–H and O–H groups in total. The van der Waals surface area contributed by atoms with Crippen molar-refractivity contribution in [1.29, 1.82) is 5.26 Å². The Balaban J connectivity index is 2.15. The number of nitrogens with zero attached hydrogens (tertiary/aromatic N) is 3. The Hall–Kier alpha value is -2.28. The van der Waals surface area contributed by atoms with E-state index >= 15 is 0 Å². The van der Waals surface area contributed by atoms with Gasteiger partial charge in [-0.2, -0.15) is 5.26 Å². The first-order valence-electron chi connectivity index (χ1n) is 4.89. The summed E-state index contributed by atoms with van der Waals surface area (Å²) in [5.74, 6) is 0.778. The molecule has 2 aromatic heterocycles. The lowest BCUT2D eigenvalue weighted by Gasteiger charge is -2.16. The van der Waals surface area contributed by atoms with Crippen molar-refractivity contribution in [3.8, 4) is 6.07 Å². The predicted molar refractivity (Wildman–Crippen MR) is 59.8 cm³/mol. The number of aromatic nitrogens is 1. The van der Waals surface area contributed by atoms with E-state index in [9.17, 15) is 0 Å². The Bertz CT molecular complexity index is 499. The van der Waals surface area contributed by atoms with Gasteiger partial charge in [0.2, 0.25) is 0 Å². The van der Waals surface area contributed by atoms with Gasteiger partial charge in [0.1, 0.15) is 17.6 Å². The molecular formula is C12H11N3O. The number of anilines is 1. The van der Waals surface area contributed by atoms with Gasteiger partial charge in [-0.25, -0.2) is 4.98 Å². The van der Waals surface area contributed by atoms with Gasteiger partial charge in [-0.1, -0.05) is 6.07 Å². The molecule has 0 saturated carbocycles. The normalized spacial score (nSPS) is 9.75. The summed E-state index contributed by atoms with van der Waals surface area (Å²) in [5.41, 5.74) is 1.50. The number of hydrogen-bond donors (Lipinski definition) is 0. The summed E-state index contributed by atoms with van der Waals surface area (Å²) < 4.78 is 5.00. The molecule has 0 aliphatic heterocycles. The van der Waals surface area contributed by atoms with Crippen molar-refractivity contribution in [3.63, 3.8) is 0 Å². The average molecular weight is 213 g/mol. The topological polar surface area (TPSA) is 53.1 Å². The Labute approximate surface area is 93.7 Å². The highest BCUT2D eigenvalue weighted by Gasteiger charge is 2.04. The molecule has 4 nitrogen and oxygen atoms in total. The van der Waals surface area contributed by atoms with Crippen LogP contribution in [-0.2, 0) is 6.54 Å². The second kappa shape index (κ2) is 4.49. The summed E-state index contributed by atoms with van der Waals surface area (Å²) in [6.07, 6.45) is 3.34. The number of furan rings is 1. The van der Waals surface area contributed by atoms with Crippen molar-refractivity contribution in [2.45, 2.75) is 6.54 Å². The third-order valence-corrected chi connectivity index (χ3v) is 2.24. The van der Waals surface area contributed by atoms with E-state index in [1.165, 1.54) is 0 Å². The maximum atomic E-state index is 8.75. The van der Waals surface area contributed by atoms with Gasteiger partial charge in [0.05, 0.1) is 12.5 Å². The van der Waals surface area contributed by atoms with Crippen LogP contribution in [0.1, 0.15) is 11.3 Å². The zero-order chi connectivity index (χ0) is 11.4. The lowest BCUT2D eigenvalue weighted by atomic mass is 10.3. The molecule has 2 aromatic rings. The monoisotopic (exact) mass is 213 g/mol. The van der Waals surface area contributed by atoms with Crippen LogP contribution in [0.5, 0.6) is 0 Å². The fraction of sp³-hybridized carbons (Fsp3) is 0.167. The van der Waals surface area contributed by atoms with Crippen LogP contribution in [0.25, 0.3) is 0 Å². The maximum absolute atomic E-state index is 8.75. The smallest absolute Gasteiger partial charge is 0.142 e. The molecule has 0 radical (unpaired) electrons. The quantitative estimate of drug-likeness (QED) is 0.784. The van der Waals surface area contributed by atoms with Crippen LogP contribution in [0, 0.1) is 11.3 Å². The van der Waals surface area contributed by atoms with Gasteiger partial charge >= 0.3 is 0 Å². The van der Waals surface area contributed by atoms with Crippen LogP contribution in [0.4, 0.5) is 5.82 Å². The molecule has 0 unspecified atom stereocenters. The molecule has 4 heteroatoms. The van der Waals surface area contributed by atoms with Crippen LogP contribution in [0.3, 0.4) is 0 Å². The number of rotatable bonds is 3. The average Bonchev–Trinajstić information content (AvgIpc) is 2.82. The number of hydrogen-bond acceptors (Lipinski definition) is 4. The van der Waals surface area contributed by atoms with E-state index in [2.05, 4.69) is 4.98 Å². The van der Waals surface area contributed by atoms with E-state index in [1.54, 1.807) is 18.6 Å². The Morgan fingerprint density at radius 3 is 3.00 bits per heavy atom. The summed E-state index contributed by atoms with van der Waals surface area (Å²) >= 11 is 0. The van der Waals surface area contributed by atoms with Gasteiger partial charge in [0, 0.05) is 19.2 Å². The molecule has 0 aliphatic carbocycles. The van der Waals surface area contributed by atoms with Gasteiger partial charge < -0.3 is 9.32 Å². The van der Waals surface area contributed by atoms with Crippen molar-refractivity contribution in [2.75, 3.05) is 11.9 Å². The summed E-state index contributed by atoms with van der Waals surface area (Å²) in [6, 6.07) is 9.32. The van der Waals surface area contributed by atoms with Crippen molar-refractivity contribution in [1.82, 2.24) is 4.98 Å². The molecule has 2 rings (SSSR count).